The third kappa shape index (κ3) is 3.28. The van der Waals surface area contributed by atoms with E-state index in [-0.39, 0.29) is 5.69 Å². The van der Waals surface area contributed by atoms with Crippen molar-refractivity contribution < 1.29 is 9.66 Å². The van der Waals surface area contributed by atoms with Gasteiger partial charge in [0.2, 0.25) is 0 Å². The van der Waals surface area contributed by atoms with Gasteiger partial charge in [-0.25, -0.2) is 0 Å². The van der Waals surface area contributed by atoms with E-state index in [0.29, 0.717) is 10.4 Å². The molecule has 0 saturated heterocycles. The van der Waals surface area contributed by atoms with Gasteiger partial charge < -0.3 is 0 Å². The molecule has 0 fully saturated rings. The van der Waals surface area contributed by atoms with Crippen molar-refractivity contribution in [2.45, 2.75) is 6.92 Å². The summed E-state index contributed by atoms with van der Waals surface area (Å²) < 4.78 is 6.30. The number of rotatable bonds is 4. The summed E-state index contributed by atoms with van der Waals surface area (Å²) in [5.41, 5.74) is 2.11. The number of aryl methyl sites for hydroxylation is 1. The SMILES string of the molecule is Cc1ccccc1C(=[Se])Oc1ccc([N+](=O)[O-])cc1. The van der Waals surface area contributed by atoms with E-state index in [0.717, 1.165) is 11.1 Å². The van der Waals surface area contributed by atoms with Gasteiger partial charge in [-0.05, 0) is 0 Å². The second-order valence-electron chi connectivity index (χ2n) is 3.96. The van der Waals surface area contributed by atoms with Crippen molar-refractivity contribution in [2.24, 2.45) is 0 Å². The molecule has 0 aromatic heterocycles. The van der Waals surface area contributed by atoms with E-state index in [1.54, 1.807) is 12.1 Å². The van der Waals surface area contributed by atoms with Crippen LogP contribution in [0.5, 0.6) is 5.75 Å². The second-order valence-corrected chi connectivity index (χ2v) is 4.73. The van der Waals surface area contributed by atoms with Gasteiger partial charge in [-0.3, -0.25) is 0 Å². The summed E-state index contributed by atoms with van der Waals surface area (Å²) in [6, 6.07) is 13.8. The molecule has 0 aliphatic rings. The molecule has 0 bridgehead atoms. The van der Waals surface area contributed by atoms with Gasteiger partial charge >= 0.3 is 118 Å². The van der Waals surface area contributed by atoms with Gasteiger partial charge in [0.05, 0.1) is 0 Å². The van der Waals surface area contributed by atoms with Crippen LogP contribution in [0.3, 0.4) is 0 Å². The molecule has 96 valence electrons. The predicted molar refractivity (Wildman–Crippen MR) is 74.8 cm³/mol. The zero-order valence-electron chi connectivity index (χ0n) is 10.2. The van der Waals surface area contributed by atoms with Crippen LogP contribution in [0.15, 0.2) is 48.5 Å². The molecular weight excluding hydrogens is 309 g/mol. The van der Waals surface area contributed by atoms with Crippen molar-refractivity contribution in [3.05, 3.63) is 69.8 Å². The average molecular weight is 320 g/mol. The fraction of sp³-hybridized carbons (Fsp3) is 0.0714. The number of hydrogen-bond donors (Lipinski definition) is 0. The Bertz CT molecular complexity index is 623. The Kier molecular flexibility index (Phi) is 4.09. The standard InChI is InChI=1S/C14H11NO3Se/c1-10-4-2-3-5-13(10)14(19)18-12-8-6-11(7-9-12)15(16)17/h2-9H,1H3. The molecule has 0 saturated carbocycles. The molecule has 0 amide bonds. The third-order valence-electron chi connectivity index (χ3n) is 2.62. The molecule has 2 aromatic rings. The topological polar surface area (TPSA) is 52.4 Å². The molecule has 0 heterocycles. The van der Waals surface area contributed by atoms with Crippen molar-refractivity contribution in [1.29, 1.82) is 0 Å². The summed E-state index contributed by atoms with van der Waals surface area (Å²) in [4.78, 5) is 10.1. The van der Waals surface area contributed by atoms with Crippen molar-refractivity contribution >= 4 is 25.9 Å². The Morgan fingerprint density at radius 3 is 2.37 bits per heavy atom. The van der Waals surface area contributed by atoms with Crippen molar-refractivity contribution in [3.8, 4) is 5.75 Å². The molecule has 5 heteroatoms. The van der Waals surface area contributed by atoms with Gasteiger partial charge in [0.15, 0.2) is 0 Å². The number of hydrogen-bond acceptors (Lipinski definition) is 3. The van der Waals surface area contributed by atoms with Crippen LogP contribution in [0.1, 0.15) is 11.1 Å². The monoisotopic (exact) mass is 321 g/mol. The predicted octanol–water partition coefficient (Wildman–Crippen LogP) is 2.63. The van der Waals surface area contributed by atoms with Crippen molar-refractivity contribution in [3.63, 3.8) is 0 Å². The van der Waals surface area contributed by atoms with Gasteiger partial charge in [0.1, 0.15) is 0 Å². The fourth-order valence-electron chi connectivity index (χ4n) is 1.60. The van der Waals surface area contributed by atoms with E-state index in [9.17, 15) is 10.1 Å². The Hall–Kier alpha value is -1.97. The molecule has 0 spiro atoms. The van der Waals surface area contributed by atoms with Gasteiger partial charge in [-0.2, -0.15) is 0 Å². The maximum absolute atomic E-state index is 10.6. The van der Waals surface area contributed by atoms with Crippen molar-refractivity contribution in [2.75, 3.05) is 0 Å². The molecule has 0 aliphatic heterocycles. The molecule has 4 nitrogen and oxygen atoms in total. The molecule has 0 radical (unpaired) electrons. The zero-order valence-corrected chi connectivity index (χ0v) is 11.9. The minimum atomic E-state index is -0.437. The third-order valence-corrected chi connectivity index (χ3v) is 3.26. The van der Waals surface area contributed by atoms with Crippen LogP contribution in [0.4, 0.5) is 5.69 Å². The van der Waals surface area contributed by atoms with Gasteiger partial charge in [0.25, 0.3) is 0 Å². The second kappa shape index (κ2) is 5.78. The van der Waals surface area contributed by atoms with Crippen LogP contribution in [-0.2, 0) is 0 Å². The number of ether oxygens (including phenoxy) is 1. The first-order valence-corrected chi connectivity index (χ1v) is 6.46. The molecule has 2 rings (SSSR count). The molecule has 19 heavy (non-hydrogen) atoms. The van der Waals surface area contributed by atoms with Crippen LogP contribution < -0.4 is 4.74 Å². The number of non-ortho nitro benzene ring substituents is 1. The first-order chi connectivity index (χ1) is 9.08. The average Bonchev–Trinajstić information content (AvgIpc) is 2.39. The maximum atomic E-state index is 10.6. The van der Waals surface area contributed by atoms with E-state index < -0.39 is 4.92 Å². The number of nitro benzene ring substituents is 1. The summed E-state index contributed by atoms with van der Waals surface area (Å²) in [6.07, 6.45) is 0. The first-order valence-electron chi connectivity index (χ1n) is 5.60. The fourth-order valence-corrected chi connectivity index (χ4v) is 2.28. The summed E-state index contributed by atoms with van der Waals surface area (Å²) >= 11 is 2.88. The normalized spacial score (nSPS) is 9.95. The molecule has 0 unspecified atom stereocenters. The number of nitro groups is 1. The van der Waals surface area contributed by atoms with Crippen LogP contribution >= 0.6 is 0 Å². The molecular formula is C14H11NO3Se. The number of nitrogens with zero attached hydrogens (tertiary/aromatic N) is 1. The first kappa shape index (κ1) is 13.5. The van der Waals surface area contributed by atoms with Crippen LogP contribution in [0, 0.1) is 17.0 Å². The molecule has 0 N–H and O–H groups in total. The van der Waals surface area contributed by atoms with Crippen molar-refractivity contribution in [1.82, 2.24) is 0 Å². The van der Waals surface area contributed by atoms with E-state index in [1.807, 2.05) is 31.2 Å². The molecule has 0 aliphatic carbocycles. The summed E-state index contributed by atoms with van der Waals surface area (Å²) in [7, 11) is 0. The summed E-state index contributed by atoms with van der Waals surface area (Å²) in [5.74, 6) is 0.558. The Labute approximate surface area is 118 Å². The van der Waals surface area contributed by atoms with Crippen LogP contribution in [0.25, 0.3) is 0 Å². The summed E-state index contributed by atoms with van der Waals surface area (Å²) in [6.45, 7) is 1.99. The molecule has 0 atom stereocenters. The van der Waals surface area contributed by atoms with E-state index in [2.05, 4.69) is 15.6 Å². The van der Waals surface area contributed by atoms with Gasteiger partial charge in [0, 0.05) is 0 Å². The van der Waals surface area contributed by atoms with Gasteiger partial charge in [-0.1, -0.05) is 0 Å². The van der Waals surface area contributed by atoms with E-state index in [1.165, 1.54) is 12.1 Å². The zero-order chi connectivity index (χ0) is 13.8. The van der Waals surface area contributed by atoms with E-state index >= 15 is 0 Å². The Morgan fingerprint density at radius 1 is 1.16 bits per heavy atom. The molecule has 2 aromatic carbocycles. The van der Waals surface area contributed by atoms with Crippen LogP contribution in [0.2, 0.25) is 0 Å². The quantitative estimate of drug-likeness (QED) is 0.494. The Morgan fingerprint density at radius 2 is 1.79 bits per heavy atom. The minimum absolute atomic E-state index is 0.0462. The Balaban J connectivity index is 2.15. The summed E-state index contributed by atoms with van der Waals surface area (Å²) in [5, 5.41) is 10.6. The van der Waals surface area contributed by atoms with Crippen LogP contribution in [-0.4, -0.2) is 25.1 Å². The van der Waals surface area contributed by atoms with E-state index in [4.69, 9.17) is 4.74 Å². The van der Waals surface area contributed by atoms with Gasteiger partial charge in [-0.15, -0.1) is 0 Å². The number of benzene rings is 2.